The molecule has 2 aliphatic rings. The minimum Gasteiger partial charge on any atom is -0.507 e. The van der Waals surface area contributed by atoms with Crippen LogP contribution in [0.1, 0.15) is 30.5 Å². The molecule has 202 valence electrons. The molecule has 10 nitrogen and oxygen atoms in total. The van der Waals surface area contributed by atoms with Gasteiger partial charge in [0, 0.05) is 31.7 Å². The van der Waals surface area contributed by atoms with Crippen molar-refractivity contribution in [2.45, 2.75) is 19.4 Å². The van der Waals surface area contributed by atoms with Gasteiger partial charge in [-0.1, -0.05) is 12.1 Å². The van der Waals surface area contributed by atoms with Crippen LogP contribution in [0.3, 0.4) is 0 Å². The van der Waals surface area contributed by atoms with E-state index in [1.807, 2.05) is 6.92 Å². The number of ether oxygens (including phenoxy) is 3. The Morgan fingerprint density at radius 2 is 1.63 bits per heavy atom. The summed E-state index contributed by atoms with van der Waals surface area (Å²) in [5.41, 5.74) is 6.22. The fraction of sp³-hybridized carbons (Fsp3) is 0.393. The van der Waals surface area contributed by atoms with E-state index in [0.29, 0.717) is 55.4 Å². The molecule has 38 heavy (non-hydrogen) atoms. The third-order valence-electron chi connectivity index (χ3n) is 6.53. The molecule has 0 spiro atoms. The van der Waals surface area contributed by atoms with Crippen molar-refractivity contribution in [1.82, 2.24) is 9.80 Å². The zero-order valence-corrected chi connectivity index (χ0v) is 21.4. The Hall–Kier alpha value is -3.89. The normalized spacial score (nSPS) is 19.5. The number of likely N-dealkylation sites (tertiary alicyclic amines) is 1. The fourth-order valence-corrected chi connectivity index (χ4v) is 4.68. The third kappa shape index (κ3) is 6.32. The first-order chi connectivity index (χ1) is 18.4. The van der Waals surface area contributed by atoms with E-state index in [-0.39, 0.29) is 17.9 Å². The van der Waals surface area contributed by atoms with E-state index < -0.39 is 23.6 Å². The number of aliphatic hydroxyl groups excluding tert-OH is 1. The standard InChI is InChI=1S/C28H33N3O7/c1-2-37-21-10-6-20(7-11-21)26(33)24-25(19-4-8-22(9-5-19)38-18-23(29)32)31(28(35)27(24)34)13-3-12-30-14-16-36-17-15-30/h4-11,25,33H,2-3,12-18H2,1H3,(H2,29,32)/b26-24+. The number of carbonyl (C=O) groups excluding carboxylic acids is 3. The minimum absolute atomic E-state index is 0.0244. The van der Waals surface area contributed by atoms with Gasteiger partial charge in [-0.3, -0.25) is 19.3 Å². The monoisotopic (exact) mass is 523 g/mol. The summed E-state index contributed by atoms with van der Waals surface area (Å²) in [5, 5.41) is 11.2. The van der Waals surface area contributed by atoms with Crippen LogP contribution in [0, 0.1) is 0 Å². The van der Waals surface area contributed by atoms with Crippen LogP contribution in [0.2, 0.25) is 0 Å². The summed E-state index contributed by atoms with van der Waals surface area (Å²) in [6.45, 7) is 6.22. The molecule has 2 amide bonds. The number of nitrogens with zero attached hydrogens (tertiary/aromatic N) is 2. The summed E-state index contributed by atoms with van der Waals surface area (Å²) in [6.07, 6.45) is 0.659. The van der Waals surface area contributed by atoms with Crippen LogP contribution in [0.25, 0.3) is 5.76 Å². The van der Waals surface area contributed by atoms with E-state index in [2.05, 4.69) is 4.90 Å². The van der Waals surface area contributed by atoms with Crippen molar-refractivity contribution in [2.24, 2.45) is 5.73 Å². The predicted molar refractivity (Wildman–Crippen MR) is 140 cm³/mol. The molecular formula is C28H33N3O7. The fourth-order valence-electron chi connectivity index (χ4n) is 4.68. The Morgan fingerprint density at radius 1 is 1.00 bits per heavy atom. The van der Waals surface area contributed by atoms with Gasteiger partial charge in [-0.15, -0.1) is 0 Å². The minimum atomic E-state index is -0.781. The van der Waals surface area contributed by atoms with Gasteiger partial charge in [0.25, 0.3) is 17.6 Å². The van der Waals surface area contributed by atoms with Crippen molar-refractivity contribution < 1.29 is 33.7 Å². The van der Waals surface area contributed by atoms with E-state index in [0.717, 1.165) is 19.6 Å². The number of nitrogens with two attached hydrogens (primary N) is 1. The van der Waals surface area contributed by atoms with Crippen LogP contribution >= 0.6 is 0 Å². The van der Waals surface area contributed by atoms with Crippen molar-refractivity contribution >= 4 is 23.4 Å². The van der Waals surface area contributed by atoms with E-state index in [1.54, 1.807) is 48.5 Å². The maximum Gasteiger partial charge on any atom is 0.295 e. The highest BCUT2D eigenvalue weighted by atomic mass is 16.5. The summed E-state index contributed by atoms with van der Waals surface area (Å²) < 4.78 is 16.2. The molecule has 2 heterocycles. The lowest BCUT2D eigenvalue weighted by molar-refractivity contribution is -0.140. The number of amides is 2. The number of hydrogen-bond donors (Lipinski definition) is 2. The zero-order valence-electron chi connectivity index (χ0n) is 21.4. The van der Waals surface area contributed by atoms with Gasteiger partial charge < -0.3 is 30.0 Å². The number of ketones is 1. The topological polar surface area (TPSA) is 132 Å². The number of morpholine rings is 1. The van der Waals surface area contributed by atoms with Crippen molar-refractivity contribution in [3.8, 4) is 11.5 Å². The molecule has 0 aliphatic carbocycles. The van der Waals surface area contributed by atoms with Crippen LogP contribution in [-0.4, -0.2) is 85.1 Å². The summed E-state index contributed by atoms with van der Waals surface area (Å²) in [4.78, 5) is 41.3. The smallest absolute Gasteiger partial charge is 0.295 e. The second kappa shape index (κ2) is 12.6. The number of carbonyl (C=O) groups is 3. The highest BCUT2D eigenvalue weighted by molar-refractivity contribution is 6.46. The molecular weight excluding hydrogens is 490 g/mol. The van der Waals surface area contributed by atoms with E-state index in [9.17, 15) is 19.5 Å². The largest absolute Gasteiger partial charge is 0.507 e. The van der Waals surface area contributed by atoms with Crippen molar-refractivity contribution in [3.05, 3.63) is 65.2 Å². The maximum atomic E-state index is 13.3. The molecule has 0 bridgehead atoms. The molecule has 2 aromatic rings. The van der Waals surface area contributed by atoms with Crippen LogP contribution in [0.4, 0.5) is 0 Å². The Bertz CT molecular complexity index is 1170. The highest BCUT2D eigenvalue weighted by Crippen LogP contribution is 2.40. The van der Waals surface area contributed by atoms with E-state index >= 15 is 0 Å². The van der Waals surface area contributed by atoms with Crippen LogP contribution in [-0.2, 0) is 19.1 Å². The van der Waals surface area contributed by atoms with Gasteiger partial charge in [0.1, 0.15) is 17.3 Å². The SMILES string of the molecule is CCOc1ccc(/C(O)=C2\C(=O)C(=O)N(CCCN3CCOCC3)C2c2ccc(OCC(N)=O)cc2)cc1. The predicted octanol–water partition coefficient (Wildman–Crippen LogP) is 2.09. The third-order valence-corrected chi connectivity index (χ3v) is 6.53. The molecule has 10 heteroatoms. The molecule has 2 fully saturated rings. The Morgan fingerprint density at radius 3 is 2.26 bits per heavy atom. The summed E-state index contributed by atoms with van der Waals surface area (Å²) in [7, 11) is 0. The lowest BCUT2D eigenvalue weighted by Gasteiger charge is -2.29. The Balaban J connectivity index is 1.64. The number of benzene rings is 2. The van der Waals surface area contributed by atoms with E-state index in [4.69, 9.17) is 19.9 Å². The highest BCUT2D eigenvalue weighted by Gasteiger charge is 2.45. The molecule has 2 saturated heterocycles. The zero-order chi connectivity index (χ0) is 27.1. The number of rotatable bonds is 11. The molecule has 2 aromatic carbocycles. The first-order valence-corrected chi connectivity index (χ1v) is 12.7. The molecule has 1 atom stereocenters. The second-order valence-electron chi connectivity index (χ2n) is 9.08. The summed E-state index contributed by atoms with van der Waals surface area (Å²) >= 11 is 0. The van der Waals surface area contributed by atoms with Crippen LogP contribution < -0.4 is 15.2 Å². The van der Waals surface area contributed by atoms with Crippen LogP contribution in [0.5, 0.6) is 11.5 Å². The molecule has 1 unspecified atom stereocenters. The number of hydrogen-bond acceptors (Lipinski definition) is 8. The van der Waals surface area contributed by atoms with E-state index in [1.165, 1.54) is 4.90 Å². The first kappa shape index (κ1) is 27.2. The van der Waals surface area contributed by atoms with Crippen molar-refractivity contribution in [1.29, 1.82) is 0 Å². The lowest BCUT2D eigenvalue weighted by atomic mass is 9.95. The number of aliphatic hydroxyl groups is 1. The number of primary amides is 1. The summed E-state index contributed by atoms with van der Waals surface area (Å²) in [5.74, 6) is -1.18. The van der Waals surface area contributed by atoms with Crippen molar-refractivity contribution in [2.75, 3.05) is 52.6 Å². The van der Waals surface area contributed by atoms with Gasteiger partial charge in [-0.05, 0) is 55.3 Å². The molecule has 3 N–H and O–H groups in total. The van der Waals surface area contributed by atoms with Crippen molar-refractivity contribution in [3.63, 3.8) is 0 Å². The second-order valence-corrected chi connectivity index (χ2v) is 9.08. The van der Waals surface area contributed by atoms with Gasteiger partial charge in [-0.25, -0.2) is 0 Å². The average Bonchev–Trinajstić information content (AvgIpc) is 3.18. The first-order valence-electron chi connectivity index (χ1n) is 12.7. The Labute approximate surface area is 221 Å². The van der Waals surface area contributed by atoms with Gasteiger partial charge in [0.15, 0.2) is 6.61 Å². The summed E-state index contributed by atoms with van der Waals surface area (Å²) in [6, 6.07) is 12.7. The Kier molecular flexibility index (Phi) is 8.98. The maximum absolute atomic E-state index is 13.3. The molecule has 0 aromatic heterocycles. The molecule has 2 aliphatic heterocycles. The van der Waals surface area contributed by atoms with Gasteiger partial charge in [0.2, 0.25) is 0 Å². The molecule has 4 rings (SSSR count). The lowest BCUT2D eigenvalue weighted by Crippen LogP contribution is -2.38. The average molecular weight is 524 g/mol. The van der Waals surface area contributed by atoms with Gasteiger partial charge in [0.05, 0.1) is 31.4 Å². The van der Waals surface area contributed by atoms with Crippen LogP contribution in [0.15, 0.2) is 54.1 Å². The number of Topliss-reactive ketones (excluding diaryl/α,β-unsaturated/α-hetero) is 1. The van der Waals surface area contributed by atoms with Gasteiger partial charge >= 0.3 is 0 Å². The quantitative estimate of drug-likeness (QED) is 0.260. The molecule has 0 saturated carbocycles. The molecule has 0 radical (unpaired) electrons. The van der Waals surface area contributed by atoms with Gasteiger partial charge in [-0.2, -0.15) is 0 Å².